The molecule has 1 rings (SSSR count). The lowest BCUT2D eigenvalue weighted by molar-refractivity contribution is -0.206. The van der Waals surface area contributed by atoms with Crippen LogP contribution in [0.3, 0.4) is 0 Å². The minimum absolute atomic E-state index is 0.0991. The van der Waals surface area contributed by atoms with Gasteiger partial charge in [0.15, 0.2) is 0 Å². The largest absolute Gasteiger partial charge is 0.391 e. The third-order valence-electron chi connectivity index (χ3n) is 3.39. The number of aliphatic hydroxyl groups is 1. The minimum atomic E-state index is -4.22. The maximum Gasteiger partial charge on any atom is 0.391 e. The second kappa shape index (κ2) is 3.63. The predicted octanol–water partition coefficient (Wildman–Crippen LogP) is 2.21. The molecule has 0 aromatic carbocycles. The molecule has 0 radical (unpaired) electrons. The van der Waals surface area contributed by atoms with E-state index in [4.69, 9.17) is 5.73 Å². The van der Waals surface area contributed by atoms with Crippen molar-refractivity contribution < 1.29 is 18.3 Å². The second-order valence-electron chi connectivity index (χ2n) is 5.09. The summed E-state index contributed by atoms with van der Waals surface area (Å²) in [5, 5.41) is 10.1. The van der Waals surface area contributed by atoms with Crippen LogP contribution in [0.4, 0.5) is 13.2 Å². The third kappa shape index (κ3) is 2.64. The van der Waals surface area contributed by atoms with E-state index in [1.54, 1.807) is 13.8 Å². The van der Waals surface area contributed by atoms with Crippen molar-refractivity contribution in [3.05, 3.63) is 0 Å². The molecule has 2 nitrogen and oxygen atoms in total. The lowest BCUT2D eigenvalue weighted by Gasteiger charge is -2.45. The number of hydrogen-bond acceptors (Lipinski definition) is 2. The summed E-state index contributed by atoms with van der Waals surface area (Å²) < 4.78 is 37.6. The van der Waals surface area contributed by atoms with Crippen LogP contribution in [0.5, 0.6) is 0 Å². The molecule has 2 unspecified atom stereocenters. The van der Waals surface area contributed by atoms with Gasteiger partial charge >= 0.3 is 6.18 Å². The first-order valence-electron chi connectivity index (χ1n) is 5.14. The number of alkyl halides is 3. The first kappa shape index (κ1) is 12.8. The zero-order valence-corrected chi connectivity index (χ0v) is 9.06. The molecule has 3 N–H and O–H groups in total. The summed E-state index contributed by atoms with van der Waals surface area (Å²) >= 11 is 0. The fraction of sp³-hybridized carbons (Fsp3) is 1.00. The smallest absolute Gasteiger partial charge is 0.388 e. The fourth-order valence-corrected chi connectivity index (χ4v) is 2.12. The predicted molar refractivity (Wildman–Crippen MR) is 51.2 cm³/mol. The highest BCUT2D eigenvalue weighted by molar-refractivity contribution is 5.01. The Morgan fingerprint density at radius 2 is 1.87 bits per heavy atom. The molecule has 1 aliphatic rings. The first-order chi connectivity index (χ1) is 6.56. The number of hydrogen-bond donors (Lipinski definition) is 2. The monoisotopic (exact) mass is 225 g/mol. The zero-order chi connectivity index (χ0) is 11.9. The van der Waals surface area contributed by atoms with Crippen LogP contribution >= 0.6 is 0 Å². The number of nitrogens with two attached hydrogens (primary N) is 1. The van der Waals surface area contributed by atoms with E-state index in [0.717, 1.165) is 0 Å². The summed E-state index contributed by atoms with van der Waals surface area (Å²) in [7, 11) is 0. The van der Waals surface area contributed by atoms with Crippen molar-refractivity contribution in [3.63, 3.8) is 0 Å². The number of halogens is 3. The Hall–Kier alpha value is -0.290. The van der Waals surface area contributed by atoms with Gasteiger partial charge in [-0.3, -0.25) is 0 Å². The quantitative estimate of drug-likeness (QED) is 0.718. The zero-order valence-electron chi connectivity index (χ0n) is 9.06. The van der Waals surface area contributed by atoms with Crippen LogP contribution in [0, 0.1) is 5.92 Å². The van der Waals surface area contributed by atoms with E-state index < -0.39 is 23.2 Å². The van der Waals surface area contributed by atoms with Gasteiger partial charge in [-0.05, 0) is 39.5 Å². The van der Waals surface area contributed by atoms with Crippen LogP contribution in [0.15, 0.2) is 0 Å². The normalized spacial score (nSPS) is 34.2. The van der Waals surface area contributed by atoms with E-state index in [0.29, 0.717) is 12.8 Å². The van der Waals surface area contributed by atoms with Gasteiger partial charge in [-0.25, -0.2) is 0 Å². The van der Waals surface area contributed by atoms with Crippen molar-refractivity contribution in [1.29, 1.82) is 0 Å². The molecular weight excluding hydrogens is 207 g/mol. The molecule has 90 valence electrons. The standard InChI is InChI=1S/C10H18F3NO/c1-8(2,14)9(15)5-3-4-7(6-9)10(11,12)13/h7,15H,3-6,14H2,1-2H3. The number of rotatable bonds is 1. The van der Waals surface area contributed by atoms with E-state index in [-0.39, 0.29) is 12.8 Å². The van der Waals surface area contributed by atoms with Crippen molar-refractivity contribution >= 4 is 0 Å². The van der Waals surface area contributed by atoms with E-state index in [1.807, 2.05) is 0 Å². The summed E-state index contributed by atoms with van der Waals surface area (Å²) in [6.45, 7) is 3.15. The van der Waals surface area contributed by atoms with Crippen molar-refractivity contribution in [3.8, 4) is 0 Å². The van der Waals surface area contributed by atoms with E-state index >= 15 is 0 Å². The van der Waals surface area contributed by atoms with Crippen LogP contribution in [-0.2, 0) is 0 Å². The fourth-order valence-electron chi connectivity index (χ4n) is 2.12. The van der Waals surface area contributed by atoms with E-state index in [9.17, 15) is 18.3 Å². The van der Waals surface area contributed by atoms with Crippen LogP contribution in [-0.4, -0.2) is 22.4 Å². The van der Waals surface area contributed by atoms with Gasteiger partial charge in [0.2, 0.25) is 0 Å². The summed E-state index contributed by atoms with van der Waals surface area (Å²) in [5.41, 5.74) is 3.35. The van der Waals surface area contributed by atoms with Crippen LogP contribution in [0.25, 0.3) is 0 Å². The van der Waals surface area contributed by atoms with Gasteiger partial charge in [0.05, 0.1) is 11.5 Å². The highest BCUT2D eigenvalue weighted by Crippen LogP contribution is 2.44. The van der Waals surface area contributed by atoms with Crippen LogP contribution in [0.1, 0.15) is 39.5 Å². The van der Waals surface area contributed by atoms with Gasteiger partial charge in [0, 0.05) is 5.54 Å². The topological polar surface area (TPSA) is 46.2 Å². The van der Waals surface area contributed by atoms with E-state index in [1.165, 1.54) is 0 Å². The third-order valence-corrected chi connectivity index (χ3v) is 3.39. The van der Waals surface area contributed by atoms with E-state index in [2.05, 4.69) is 0 Å². The molecule has 0 amide bonds. The molecule has 15 heavy (non-hydrogen) atoms. The van der Waals surface area contributed by atoms with Crippen molar-refractivity contribution in [2.75, 3.05) is 0 Å². The lowest BCUT2D eigenvalue weighted by Crippen LogP contribution is -2.59. The maximum atomic E-state index is 12.5. The Kier molecular flexibility index (Phi) is 3.09. The van der Waals surface area contributed by atoms with Crippen molar-refractivity contribution in [2.45, 2.75) is 56.8 Å². The Balaban J connectivity index is 2.80. The molecule has 1 aliphatic carbocycles. The average molecular weight is 225 g/mol. The van der Waals surface area contributed by atoms with Crippen molar-refractivity contribution in [2.24, 2.45) is 11.7 Å². The minimum Gasteiger partial charge on any atom is -0.388 e. The van der Waals surface area contributed by atoms with Crippen molar-refractivity contribution in [1.82, 2.24) is 0 Å². The Morgan fingerprint density at radius 1 is 1.33 bits per heavy atom. The molecular formula is C10H18F3NO. The summed E-state index contributed by atoms with van der Waals surface area (Å²) in [5.74, 6) is -1.42. The van der Waals surface area contributed by atoms with Gasteiger partial charge < -0.3 is 10.8 Å². The molecule has 0 aromatic heterocycles. The van der Waals surface area contributed by atoms with Gasteiger partial charge in [-0.2, -0.15) is 13.2 Å². The maximum absolute atomic E-state index is 12.5. The SMILES string of the molecule is CC(C)(N)C1(O)CCCC(C(F)(F)F)C1. The van der Waals surface area contributed by atoms with Gasteiger partial charge in [0.1, 0.15) is 0 Å². The second-order valence-corrected chi connectivity index (χ2v) is 5.09. The molecule has 0 spiro atoms. The Labute approximate surface area is 87.6 Å². The lowest BCUT2D eigenvalue weighted by atomic mass is 9.69. The molecule has 5 heteroatoms. The average Bonchev–Trinajstić information content (AvgIpc) is 2.00. The highest BCUT2D eigenvalue weighted by atomic mass is 19.4. The summed E-state index contributed by atoms with van der Waals surface area (Å²) in [6.07, 6.45) is -3.67. The van der Waals surface area contributed by atoms with Crippen LogP contribution < -0.4 is 5.73 Å². The highest BCUT2D eigenvalue weighted by Gasteiger charge is 2.51. The molecule has 1 saturated carbocycles. The Morgan fingerprint density at radius 3 is 2.27 bits per heavy atom. The van der Waals surface area contributed by atoms with Gasteiger partial charge in [-0.15, -0.1) is 0 Å². The molecule has 0 saturated heterocycles. The molecule has 2 atom stereocenters. The summed E-state index contributed by atoms with van der Waals surface area (Å²) in [4.78, 5) is 0. The molecule has 0 aliphatic heterocycles. The van der Waals surface area contributed by atoms with Gasteiger partial charge in [0.25, 0.3) is 0 Å². The summed E-state index contributed by atoms with van der Waals surface area (Å²) in [6, 6.07) is 0. The van der Waals surface area contributed by atoms with Gasteiger partial charge in [-0.1, -0.05) is 0 Å². The molecule has 0 bridgehead atoms. The Bertz CT molecular complexity index is 234. The van der Waals surface area contributed by atoms with Crippen LogP contribution in [0.2, 0.25) is 0 Å². The molecule has 1 fully saturated rings. The molecule has 0 aromatic rings. The first-order valence-corrected chi connectivity index (χ1v) is 5.14. The molecule has 0 heterocycles.